The molecule has 1 atom stereocenters. The fourth-order valence-corrected chi connectivity index (χ4v) is 3.54. The van der Waals surface area contributed by atoms with Crippen molar-refractivity contribution in [3.05, 3.63) is 63.7 Å². The number of carbonyl (C=O) groups excluding carboxylic acids is 1. The molecule has 0 saturated carbocycles. The van der Waals surface area contributed by atoms with Gasteiger partial charge in [-0.3, -0.25) is 14.2 Å². The van der Waals surface area contributed by atoms with Crippen LogP contribution >= 0.6 is 0 Å². The summed E-state index contributed by atoms with van der Waals surface area (Å²) < 4.78 is 12.1. The molecule has 0 aliphatic rings. The molecule has 2 aromatic carbocycles. The lowest BCUT2D eigenvalue weighted by atomic mass is 10.1. The summed E-state index contributed by atoms with van der Waals surface area (Å²) in [5, 5.41) is 0.468. The van der Waals surface area contributed by atoms with Gasteiger partial charge in [0.25, 0.3) is 5.56 Å². The third-order valence-electron chi connectivity index (χ3n) is 5.05. The molecule has 1 unspecified atom stereocenters. The lowest BCUT2D eigenvalue weighted by Gasteiger charge is -2.19. The average molecular weight is 411 g/mol. The molecular formula is C22H27N4O4+. The first-order valence-electron chi connectivity index (χ1n) is 9.63. The second-order valence-electron chi connectivity index (χ2n) is 7.35. The van der Waals surface area contributed by atoms with Gasteiger partial charge in [0.15, 0.2) is 17.3 Å². The molecule has 1 amide bonds. The van der Waals surface area contributed by atoms with Crippen molar-refractivity contribution in [1.29, 1.82) is 0 Å². The number of nitrogens with zero attached hydrogens (tertiary/aromatic N) is 2. The number of aromatic nitrogens is 2. The van der Waals surface area contributed by atoms with Crippen LogP contribution in [0.25, 0.3) is 10.9 Å². The lowest BCUT2D eigenvalue weighted by molar-refractivity contribution is -0.908. The summed E-state index contributed by atoms with van der Waals surface area (Å²) in [4.78, 5) is 30.2. The van der Waals surface area contributed by atoms with Crippen LogP contribution in [0.15, 0.2) is 41.2 Å². The number of nitrogens with one attached hydrogen (secondary N) is 1. The highest BCUT2D eigenvalue weighted by Crippen LogP contribution is 2.29. The Balaban J connectivity index is 1.94. The van der Waals surface area contributed by atoms with E-state index in [0.29, 0.717) is 41.3 Å². The van der Waals surface area contributed by atoms with Gasteiger partial charge in [0.05, 0.1) is 32.2 Å². The summed E-state index contributed by atoms with van der Waals surface area (Å²) in [6, 6.07) is 11.0. The number of primary amides is 1. The number of ether oxygens (including phenoxy) is 2. The summed E-state index contributed by atoms with van der Waals surface area (Å²) >= 11 is 0. The Morgan fingerprint density at radius 3 is 2.47 bits per heavy atom. The molecule has 158 valence electrons. The standard InChI is InChI=1S/C22H26N4O4/c1-14-9-18(29-3)19(30-4)10-15(14)11-25(2)13-21-24-17-8-6-5-7-16(17)22(28)26(21)12-20(23)27/h5-10H,11-13H2,1-4H3,(H2,23,27)/p+1. The van der Waals surface area contributed by atoms with E-state index in [9.17, 15) is 9.59 Å². The second kappa shape index (κ2) is 8.96. The Morgan fingerprint density at radius 2 is 1.80 bits per heavy atom. The predicted molar refractivity (Wildman–Crippen MR) is 114 cm³/mol. The van der Waals surface area contributed by atoms with Gasteiger partial charge in [0.1, 0.15) is 19.6 Å². The Bertz CT molecular complexity index is 1140. The van der Waals surface area contributed by atoms with Gasteiger partial charge in [0, 0.05) is 5.56 Å². The highest BCUT2D eigenvalue weighted by molar-refractivity contribution is 5.78. The Morgan fingerprint density at radius 1 is 1.13 bits per heavy atom. The van der Waals surface area contributed by atoms with E-state index >= 15 is 0 Å². The van der Waals surface area contributed by atoms with E-state index in [-0.39, 0.29) is 12.1 Å². The monoisotopic (exact) mass is 411 g/mol. The van der Waals surface area contributed by atoms with Crippen LogP contribution in [0.5, 0.6) is 11.5 Å². The normalized spacial score (nSPS) is 12.0. The number of aryl methyl sites for hydroxylation is 1. The van der Waals surface area contributed by atoms with E-state index < -0.39 is 5.91 Å². The van der Waals surface area contributed by atoms with Crippen molar-refractivity contribution in [1.82, 2.24) is 9.55 Å². The van der Waals surface area contributed by atoms with Crippen LogP contribution in [-0.2, 0) is 24.4 Å². The average Bonchev–Trinajstić information content (AvgIpc) is 2.71. The van der Waals surface area contributed by atoms with E-state index in [0.717, 1.165) is 16.0 Å². The van der Waals surface area contributed by atoms with Crippen LogP contribution in [0.1, 0.15) is 17.0 Å². The number of para-hydroxylation sites is 1. The van der Waals surface area contributed by atoms with E-state index in [1.165, 1.54) is 4.57 Å². The van der Waals surface area contributed by atoms with Crippen LogP contribution in [0.4, 0.5) is 0 Å². The van der Waals surface area contributed by atoms with Crippen LogP contribution in [0, 0.1) is 6.92 Å². The Labute approximate surface area is 174 Å². The molecule has 3 N–H and O–H groups in total. The zero-order chi connectivity index (χ0) is 21.8. The van der Waals surface area contributed by atoms with Gasteiger partial charge in [-0.25, -0.2) is 4.98 Å². The molecule has 30 heavy (non-hydrogen) atoms. The summed E-state index contributed by atoms with van der Waals surface area (Å²) in [5.41, 5.74) is 7.90. The molecule has 0 spiro atoms. The summed E-state index contributed by atoms with van der Waals surface area (Å²) in [6.45, 7) is 2.93. The fourth-order valence-electron chi connectivity index (χ4n) is 3.54. The number of carbonyl (C=O) groups is 1. The summed E-state index contributed by atoms with van der Waals surface area (Å²) in [6.07, 6.45) is 0. The van der Waals surface area contributed by atoms with E-state index in [1.807, 2.05) is 32.2 Å². The van der Waals surface area contributed by atoms with Crippen molar-refractivity contribution in [2.24, 2.45) is 5.73 Å². The third kappa shape index (κ3) is 4.44. The minimum Gasteiger partial charge on any atom is -0.493 e. The number of quaternary nitrogens is 1. The maximum atomic E-state index is 12.9. The number of nitrogens with two attached hydrogens (primary N) is 1. The number of amides is 1. The van der Waals surface area contributed by atoms with Crippen molar-refractivity contribution < 1.29 is 19.2 Å². The predicted octanol–water partition coefficient (Wildman–Crippen LogP) is 0.422. The molecule has 8 nitrogen and oxygen atoms in total. The molecule has 3 rings (SSSR count). The van der Waals surface area contributed by atoms with Crippen molar-refractivity contribution >= 4 is 16.8 Å². The van der Waals surface area contributed by atoms with Gasteiger partial charge < -0.3 is 20.1 Å². The van der Waals surface area contributed by atoms with E-state index in [2.05, 4.69) is 4.98 Å². The van der Waals surface area contributed by atoms with E-state index in [1.54, 1.807) is 32.4 Å². The van der Waals surface area contributed by atoms with Crippen LogP contribution in [-0.4, -0.2) is 36.7 Å². The van der Waals surface area contributed by atoms with Crippen molar-refractivity contribution in [2.45, 2.75) is 26.6 Å². The lowest BCUT2D eigenvalue weighted by Crippen LogP contribution is -3.06. The second-order valence-corrected chi connectivity index (χ2v) is 7.35. The summed E-state index contributed by atoms with van der Waals surface area (Å²) in [5.74, 6) is 1.29. The molecule has 0 saturated heterocycles. The Kier molecular flexibility index (Phi) is 6.37. The number of hydrogen-bond acceptors (Lipinski definition) is 5. The molecule has 0 bridgehead atoms. The maximum Gasteiger partial charge on any atom is 0.262 e. The van der Waals surface area contributed by atoms with Gasteiger partial charge in [-0.05, 0) is 36.8 Å². The van der Waals surface area contributed by atoms with Crippen molar-refractivity contribution in [3.63, 3.8) is 0 Å². The minimum atomic E-state index is -0.580. The van der Waals surface area contributed by atoms with E-state index in [4.69, 9.17) is 15.2 Å². The molecule has 3 aromatic rings. The molecule has 8 heteroatoms. The molecular weight excluding hydrogens is 384 g/mol. The van der Waals surface area contributed by atoms with Crippen LogP contribution in [0.3, 0.4) is 0 Å². The zero-order valence-electron chi connectivity index (χ0n) is 17.7. The topological polar surface area (TPSA) is 101 Å². The number of methoxy groups -OCH3 is 2. The first kappa shape index (κ1) is 21.3. The fraction of sp³-hybridized carbons (Fsp3) is 0.318. The van der Waals surface area contributed by atoms with Crippen LogP contribution < -0.4 is 25.7 Å². The first-order valence-corrected chi connectivity index (χ1v) is 9.63. The first-order chi connectivity index (χ1) is 14.3. The molecule has 0 aliphatic carbocycles. The SMILES string of the molecule is COc1cc(C)c(C[NH+](C)Cc2nc3ccccc3c(=O)n2CC(N)=O)cc1OC. The number of benzene rings is 2. The molecule has 0 fully saturated rings. The van der Waals surface area contributed by atoms with Gasteiger partial charge in [0.2, 0.25) is 5.91 Å². The van der Waals surface area contributed by atoms with Gasteiger partial charge in [-0.1, -0.05) is 12.1 Å². The quantitative estimate of drug-likeness (QED) is 0.560. The number of rotatable bonds is 8. The van der Waals surface area contributed by atoms with Crippen molar-refractivity contribution in [3.8, 4) is 11.5 Å². The third-order valence-corrected chi connectivity index (χ3v) is 5.05. The molecule has 1 heterocycles. The number of hydrogen-bond donors (Lipinski definition) is 2. The largest absolute Gasteiger partial charge is 0.493 e. The zero-order valence-corrected chi connectivity index (χ0v) is 17.7. The Hall–Kier alpha value is -3.39. The number of fused-ring (bicyclic) bond motifs is 1. The molecule has 0 radical (unpaired) electrons. The molecule has 1 aromatic heterocycles. The smallest absolute Gasteiger partial charge is 0.262 e. The van der Waals surface area contributed by atoms with Crippen molar-refractivity contribution in [2.75, 3.05) is 21.3 Å². The molecule has 0 aliphatic heterocycles. The highest BCUT2D eigenvalue weighted by atomic mass is 16.5. The maximum absolute atomic E-state index is 12.9. The van der Waals surface area contributed by atoms with Gasteiger partial charge >= 0.3 is 0 Å². The highest BCUT2D eigenvalue weighted by Gasteiger charge is 2.18. The summed E-state index contributed by atoms with van der Waals surface area (Å²) in [7, 11) is 5.22. The van der Waals surface area contributed by atoms with Crippen LogP contribution in [0.2, 0.25) is 0 Å². The van der Waals surface area contributed by atoms with Gasteiger partial charge in [-0.2, -0.15) is 0 Å². The minimum absolute atomic E-state index is 0.200. The van der Waals surface area contributed by atoms with Gasteiger partial charge in [-0.15, -0.1) is 0 Å².